The SMILES string of the molecule is CC[C@H]1OC(=O)[C@H](C)C(=O)[C@H](C)[C@@H](O[C@@H]2O[C@H](C)C[C@H](N(C)C)[C@H]2O)[C@](C)(OC(=O)OC/C(F)=C/c2ccc(-n3cncn3)c(F)c2)C[C@@H](C)C(=O)[C@H](C)[C@H]2NC(=O)O[C@@]21C. The number of cyclic esters (lactones) is 1. The summed E-state index contributed by atoms with van der Waals surface area (Å²) in [5.74, 6) is -8.45. The first-order valence-corrected chi connectivity index (χ1v) is 20.4. The molecule has 3 aliphatic rings. The van der Waals surface area contributed by atoms with E-state index in [0.717, 1.165) is 12.1 Å². The molecule has 336 valence electrons. The number of benzene rings is 1. The van der Waals surface area contributed by atoms with Crippen molar-refractivity contribution in [2.75, 3.05) is 20.7 Å². The molecule has 17 nitrogen and oxygen atoms in total. The number of aliphatic hydroxyl groups excluding tert-OH is 1. The zero-order valence-corrected chi connectivity index (χ0v) is 36.1. The predicted molar refractivity (Wildman–Crippen MR) is 212 cm³/mol. The van der Waals surface area contributed by atoms with Crippen molar-refractivity contribution in [1.82, 2.24) is 25.0 Å². The molecule has 0 aliphatic carbocycles. The van der Waals surface area contributed by atoms with Crippen LogP contribution in [0.1, 0.15) is 80.2 Å². The summed E-state index contributed by atoms with van der Waals surface area (Å²) >= 11 is 0. The second-order valence-corrected chi connectivity index (χ2v) is 17.0. The molecule has 13 atom stereocenters. The number of ketones is 2. The molecular weight excluding hydrogens is 804 g/mol. The van der Waals surface area contributed by atoms with E-state index < -0.39 is 126 Å². The molecule has 0 spiro atoms. The number of rotatable bonds is 9. The Morgan fingerprint density at radius 2 is 1.80 bits per heavy atom. The van der Waals surface area contributed by atoms with Crippen LogP contribution in [0, 0.1) is 29.5 Å². The molecule has 1 amide bonds. The zero-order valence-electron chi connectivity index (χ0n) is 36.1. The second-order valence-electron chi connectivity index (χ2n) is 17.0. The molecule has 2 N–H and O–H groups in total. The van der Waals surface area contributed by atoms with E-state index in [0.29, 0.717) is 6.42 Å². The standard InChI is InChI=1S/C42H57F2N5O12/c1-11-31-42(8)35(47-39(54)60-42)23(4)32(50)21(2)17-41(7,61-40(55)56-18-27(43)15-26-12-13-29(28(44)16-26)49-20-45-19-46-49)36(24(5)33(51)25(6)37(53)58-31)59-38-34(52)30(48(9)10)14-22(3)57-38/h12-13,15-16,19-25,30-31,34-36,38,52H,11,14,17-18H2,1-10H3,(H,47,54)/b27-15-/t21-,22-,23+,24+,25-,30+,31-,34-,35-,36-,38+,41-,42-/m1/s1. The van der Waals surface area contributed by atoms with Crippen LogP contribution in [0.25, 0.3) is 11.8 Å². The first-order valence-electron chi connectivity index (χ1n) is 20.4. The summed E-state index contributed by atoms with van der Waals surface area (Å²) in [7, 11) is 3.54. The Morgan fingerprint density at radius 1 is 1.10 bits per heavy atom. The molecule has 0 bridgehead atoms. The number of nitrogens with zero attached hydrogens (tertiary/aromatic N) is 4. The van der Waals surface area contributed by atoms with Gasteiger partial charge in [0.05, 0.1) is 12.1 Å². The van der Waals surface area contributed by atoms with Crippen molar-refractivity contribution < 1.29 is 66.3 Å². The number of amides is 1. The number of ether oxygens (including phenoxy) is 6. The highest BCUT2D eigenvalue weighted by molar-refractivity contribution is 6.00. The molecule has 4 heterocycles. The van der Waals surface area contributed by atoms with Crippen LogP contribution in [0.15, 0.2) is 36.7 Å². The number of fused-ring (bicyclic) bond motifs is 1. The monoisotopic (exact) mass is 861 g/mol. The van der Waals surface area contributed by atoms with E-state index in [1.165, 1.54) is 50.2 Å². The number of carbonyl (C=O) groups is 5. The fraction of sp³-hybridized carbons (Fsp3) is 0.643. The zero-order chi connectivity index (χ0) is 45.1. The van der Waals surface area contributed by atoms with E-state index in [-0.39, 0.29) is 24.1 Å². The Hall–Kier alpha value is -4.85. The Morgan fingerprint density at radius 3 is 2.43 bits per heavy atom. The van der Waals surface area contributed by atoms with Gasteiger partial charge in [0.1, 0.15) is 72.2 Å². The number of hydrogen-bond acceptors (Lipinski definition) is 15. The van der Waals surface area contributed by atoms with Gasteiger partial charge in [-0.1, -0.05) is 33.8 Å². The normalized spacial score (nSPS) is 35.4. The Labute approximate surface area is 353 Å². The molecule has 1 aromatic heterocycles. The number of esters is 1. The topological polar surface area (TPSA) is 207 Å². The number of aliphatic hydroxyl groups is 1. The van der Waals surface area contributed by atoms with Crippen LogP contribution in [0.3, 0.4) is 0 Å². The number of nitrogens with one attached hydrogen (secondary N) is 1. The summed E-state index contributed by atoms with van der Waals surface area (Å²) in [6, 6.07) is 2.39. The van der Waals surface area contributed by atoms with Gasteiger partial charge in [-0.15, -0.1) is 0 Å². The highest BCUT2D eigenvalue weighted by Crippen LogP contribution is 2.40. The van der Waals surface area contributed by atoms with E-state index in [1.807, 2.05) is 0 Å². The van der Waals surface area contributed by atoms with Crippen LogP contribution in [-0.4, -0.2) is 129 Å². The lowest BCUT2D eigenvalue weighted by Gasteiger charge is -2.46. The molecule has 3 saturated heterocycles. The maximum Gasteiger partial charge on any atom is 0.509 e. The summed E-state index contributed by atoms with van der Waals surface area (Å²) < 4.78 is 66.6. The Kier molecular flexibility index (Phi) is 14.7. The molecule has 1 aromatic carbocycles. The van der Waals surface area contributed by atoms with Crippen molar-refractivity contribution in [2.45, 2.75) is 129 Å². The van der Waals surface area contributed by atoms with Crippen molar-refractivity contribution in [3.63, 3.8) is 0 Å². The first kappa shape index (κ1) is 47.2. The van der Waals surface area contributed by atoms with Crippen LogP contribution in [-0.2, 0) is 42.8 Å². The summed E-state index contributed by atoms with van der Waals surface area (Å²) in [4.78, 5) is 74.5. The quantitative estimate of drug-likeness (QED) is 0.199. The van der Waals surface area contributed by atoms with Crippen LogP contribution in [0.5, 0.6) is 0 Å². The molecule has 0 saturated carbocycles. The van der Waals surface area contributed by atoms with Crippen molar-refractivity contribution in [2.24, 2.45) is 23.7 Å². The third kappa shape index (κ3) is 10.3. The number of alkyl carbamates (subject to hydrolysis) is 1. The van der Waals surface area contributed by atoms with E-state index in [4.69, 9.17) is 28.4 Å². The first-order chi connectivity index (χ1) is 28.6. The van der Waals surface area contributed by atoms with Gasteiger partial charge in [0.15, 0.2) is 17.7 Å². The molecule has 19 heteroatoms. The summed E-state index contributed by atoms with van der Waals surface area (Å²) in [6.45, 7) is 11.4. The van der Waals surface area contributed by atoms with Crippen LogP contribution >= 0.6 is 0 Å². The maximum atomic E-state index is 15.3. The molecule has 0 radical (unpaired) electrons. The lowest BCUT2D eigenvalue weighted by molar-refractivity contribution is -0.293. The molecule has 0 unspecified atom stereocenters. The Balaban J connectivity index is 1.51. The summed E-state index contributed by atoms with van der Waals surface area (Å²) in [5.41, 5.74) is -3.33. The highest BCUT2D eigenvalue weighted by Gasteiger charge is 2.57. The number of likely N-dealkylation sites (N-methyl/N-ethyl adjacent to an activating group) is 1. The van der Waals surface area contributed by atoms with Crippen molar-refractivity contribution in [3.8, 4) is 5.69 Å². The Bertz CT molecular complexity index is 1970. The van der Waals surface area contributed by atoms with E-state index in [9.17, 15) is 33.5 Å². The predicted octanol–water partition coefficient (Wildman–Crippen LogP) is 4.72. The fourth-order valence-electron chi connectivity index (χ4n) is 8.79. The smallest absolute Gasteiger partial charge is 0.458 e. The highest BCUT2D eigenvalue weighted by atomic mass is 19.1. The van der Waals surface area contributed by atoms with Crippen molar-refractivity contribution in [3.05, 3.63) is 48.1 Å². The van der Waals surface area contributed by atoms with Gasteiger partial charge in [-0.25, -0.2) is 28.0 Å². The molecule has 61 heavy (non-hydrogen) atoms. The van der Waals surface area contributed by atoms with Crippen LogP contribution < -0.4 is 5.32 Å². The third-order valence-electron chi connectivity index (χ3n) is 12.1. The molecule has 2 aromatic rings. The number of hydrogen-bond donors (Lipinski definition) is 2. The average Bonchev–Trinajstić information content (AvgIpc) is 3.84. The molecule has 3 aliphatic heterocycles. The third-order valence-corrected chi connectivity index (χ3v) is 12.1. The lowest BCUT2D eigenvalue weighted by Crippen LogP contribution is -2.60. The van der Waals surface area contributed by atoms with Crippen molar-refractivity contribution >= 4 is 35.9 Å². The number of halogens is 2. The lowest BCUT2D eigenvalue weighted by atomic mass is 9.73. The van der Waals surface area contributed by atoms with Gasteiger partial charge in [-0.05, 0) is 84.8 Å². The van der Waals surface area contributed by atoms with Gasteiger partial charge < -0.3 is 43.7 Å². The van der Waals surface area contributed by atoms with Gasteiger partial charge >= 0.3 is 18.2 Å². The summed E-state index contributed by atoms with van der Waals surface area (Å²) in [5, 5.41) is 18.1. The minimum atomic E-state index is -1.99. The minimum Gasteiger partial charge on any atom is -0.458 e. The van der Waals surface area contributed by atoms with Gasteiger partial charge in [0.25, 0.3) is 0 Å². The maximum absolute atomic E-state index is 15.3. The van der Waals surface area contributed by atoms with E-state index in [1.54, 1.807) is 53.6 Å². The minimum absolute atomic E-state index is 0.0718. The average molecular weight is 862 g/mol. The molecule has 5 rings (SSSR count). The fourth-order valence-corrected chi connectivity index (χ4v) is 8.79. The van der Waals surface area contributed by atoms with E-state index >= 15 is 4.39 Å². The van der Waals surface area contributed by atoms with Crippen LogP contribution in [0.4, 0.5) is 18.4 Å². The molecular formula is C42H57F2N5O12. The number of carbonyl (C=O) groups excluding carboxylic acids is 5. The van der Waals surface area contributed by atoms with E-state index in [2.05, 4.69) is 15.4 Å². The largest absolute Gasteiger partial charge is 0.509 e. The molecule has 3 fully saturated rings. The summed E-state index contributed by atoms with van der Waals surface area (Å²) in [6.07, 6.45) is -4.20. The number of aromatic nitrogens is 3. The van der Waals surface area contributed by atoms with Crippen molar-refractivity contribution in [1.29, 1.82) is 0 Å². The second kappa shape index (κ2) is 19.0. The van der Waals surface area contributed by atoms with Gasteiger partial charge in [0.2, 0.25) is 0 Å². The van der Waals surface area contributed by atoms with Gasteiger partial charge in [-0.3, -0.25) is 14.4 Å². The van der Waals surface area contributed by atoms with Crippen LogP contribution in [0.2, 0.25) is 0 Å². The van der Waals surface area contributed by atoms with Gasteiger partial charge in [0, 0.05) is 23.8 Å². The number of Topliss-reactive ketones (excluding diaryl/α,β-unsaturated/α-hetero) is 2. The van der Waals surface area contributed by atoms with Gasteiger partial charge in [-0.2, -0.15) is 5.10 Å².